The SMILES string of the molecule is O=C(O)c1cccc(Cl)c1N1CCCC2CCCCC21. The smallest absolute Gasteiger partial charge is 0.337 e. The van der Waals surface area contributed by atoms with Crippen LogP contribution in [0.25, 0.3) is 0 Å². The molecule has 3 rings (SSSR count). The van der Waals surface area contributed by atoms with Crippen LogP contribution >= 0.6 is 11.6 Å². The molecule has 1 aliphatic carbocycles. The van der Waals surface area contributed by atoms with E-state index < -0.39 is 5.97 Å². The third-order valence-corrected chi connectivity index (χ3v) is 5.05. The minimum atomic E-state index is -0.888. The molecule has 108 valence electrons. The highest BCUT2D eigenvalue weighted by molar-refractivity contribution is 6.34. The molecular weight excluding hydrogens is 274 g/mol. The third kappa shape index (κ3) is 2.39. The third-order valence-electron chi connectivity index (χ3n) is 4.75. The monoisotopic (exact) mass is 293 g/mol. The Hall–Kier alpha value is -1.22. The predicted octanol–water partition coefficient (Wildman–Crippen LogP) is 4.20. The maximum atomic E-state index is 11.5. The van der Waals surface area contributed by atoms with Crippen molar-refractivity contribution < 1.29 is 9.90 Å². The number of carboxylic acids is 1. The van der Waals surface area contributed by atoms with E-state index in [1.54, 1.807) is 18.2 Å². The molecule has 2 unspecified atom stereocenters. The lowest BCUT2D eigenvalue weighted by Crippen LogP contribution is -2.47. The van der Waals surface area contributed by atoms with Gasteiger partial charge in [-0.05, 0) is 43.7 Å². The Morgan fingerprint density at radius 1 is 1.20 bits per heavy atom. The van der Waals surface area contributed by atoms with Gasteiger partial charge in [-0.3, -0.25) is 0 Å². The summed E-state index contributed by atoms with van der Waals surface area (Å²) in [5.74, 6) is -0.184. The first-order valence-electron chi connectivity index (χ1n) is 7.47. The highest BCUT2D eigenvalue weighted by Crippen LogP contribution is 2.41. The van der Waals surface area contributed by atoms with Gasteiger partial charge in [0.15, 0.2) is 0 Å². The van der Waals surface area contributed by atoms with Gasteiger partial charge in [0, 0.05) is 12.6 Å². The van der Waals surface area contributed by atoms with E-state index in [-0.39, 0.29) is 0 Å². The Bertz CT molecular complexity index is 515. The van der Waals surface area contributed by atoms with Gasteiger partial charge in [-0.25, -0.2) is 4.79 Å². The molecule has 0 amide bonds. The van der Waals surface area contributed by atoms with Gasteiger partial charge in [0.25, 0.3) is 0 Å². The molecule has 1 aliphatic heterocycles. The van der Waals surface area contributed by atoms with E-state index in [4.69, 9.17) is 11.6 Å². The molecule has 1 N–H and O–H groups in total. The number of piperidine rings is 1. The number of carboxylic acid groups (broad SMARTS) is 1. The lowest BCUT2D eigenvalue weighted by atomic mass is 9.78. The standard InChI is InChI=1S/C16H20ClNO2/c17-13-8-3-7-12(16(19)20)15(13)18-10-4-6-11-5-1-2-9-14(11)18/h3,7-8,11,14H,1-2,4-6,9-10H2,(H,19,20). The molecule has 20 heavy (non-hydrogen) atoms. The van der Waals surface area contributed by atoms with Crippen molar-refractivity contribution >= 4 is 23.3 Å². The lowest BCUT2D eigenvalue weighted by molar-refractivity contribution is 0.0697. The molecule has 1 saturated carbocycles. The van der Waals surface area contributed by atoms with Crippen molar-refractivity contribution in [2.24, 2.45) is 5.92 Å². The van der Waals surface area contributed by atoms with Gasteiger partial charge in [-0.1, -0.05) is 30.5 Å². The van der Waals surface area contributed by atoms with Crippen LogP contribution in [0.3, 0.4) is 0 Å². The van der Waals surface area contributed by atoms with Crippen LogP contribution in [0, 0.1) is 5.92 Å². The Kier molecular flexibility index (Phi) is 3.88. The number of hydrogen-bond donors (Lipinski definition) is 1. The maximum absolute atomic E-state index is 11.5. The molecule has 2 atom stereocenters. The van der Waals surface area contributed by atoms with E-state index in [2.05, 4.69) is 4.90 Å². The molecular formula is C16H20ClNO2. The quantitative estimate of drug-likeness (QED) is 0.888. The molecule has 0 radical (unpaired) electrons. The number of aromatic carboxylic acids is 1. The zero-order chi connectivity index (χ0) is 14.1. The highest BCUT2D eigenvalue weighted by Gasteiger charge is 2.35. The predicted molar refractivity (Wildman–Crippen MR) is 80.7 cm³/mol. The second-order valence-corrected chi connectivity index (χ2v) is 6.30. The summed E-state index contributed by atoms with van der Waals surface area (Å²) in [6.07, 6.45) is 7.39. The number of halogens is 1. The van der Waals surface area contributed by atoms with Crippen molar-refractivity contribution in [1.29, 1.82) is 0 Å². The van der Waals surface area contributed by atoms with Crippen LogP contribution in [-0.4, -0.2) is 23.7 Å². The van der Waals surface area contributed by atoms with Gasteiger partial charge >= 0.3 is 5.97 Å². The number of benzene rings is 1. The number of anilines is 1. The van der Waals surface area contributed by atoms with Crippen molar-refractivity contribution in [3.63, 3.8) is 0 Å². The van der Waals surface area contributed by atoms with Gasteiger partial charge in [-0.15, -0.1) is 0 Å². The van der Waals surface area contributed by atoms with Crippen molar-refractivity contribution in [1.82, 2.24) is 0 Å². The molecule has 1 heterocycles. The van der Waals surface area contributed by atoms with E-state index in [1.807, 2.05) is 0 Å². The van der Waals surface area contributed by atoms with Crippen LogP contribution in [0.5, 0.6) is 0 Å². The fraction of sp³-hybridized carbons (Fsp3) is 0.562. The molecule has 1 aromatic rings. The van der Waals surface area contributed by atoms with Crippen molar-refractivity contribution in [2.75, 3.05) is 11.4 Å². The minimum absolute atomic E-state index is 0.337. The van der Waals surface area contributed by atoms with Crippen molar-refractivity contribution in [2.45, 2.75) is 44.6 Å². The number of para-hydroxylation sites is 1. The Balaban J connectivity index is 2.00. The van der Waals surface area contributed by atoms with E-state index in [9.17, 15) is 9.90 Å². The topological polar surface area (TPSA) is 40.5 Å². The summed E-state index contributed by atoms with van der Waals surface area (Å²) in [7, 11) is 0. The second kappa shape index (κ2) is 5.65. The van der Waals surface area contributed by atoms with Crippen LogP contribution in [0.2, 0.25) is 5.02 Å². The summed E-state index contributed by atoms with van der Waals surface area (Å²) < 4.78 is 0. The zero-order valence-corrected chi connectivity index (χ0v) is 12.3. The summed E-state index contributed by atoms with van der Waals surface area (Å²) in [6.45, 7) is 0.922. The van der Waals surface area contributed by atoms with Gasteiger partial charge in [0.2, 0.25) is 0 Å². The van der Waals surface area contributed by atoms with Gasteiger partial charge in [-0.2, -0.15) is 0 Å². The van der Waals surface area contributed by atoms with E-state index in [1.165, 1.54) is 25.7 Å². The minimum Gasteiger partial charge on any atom is -0.478 e. The number of carbonyl (C=O) groups is 1. The molecule has 1 saturated heterocycles. The first-order chi connectivity index (χ1) is 9.68. The summed E-state index contributed by atoms with van der Waals surface area (Å²) >= 11 is 6.33. The zero-order valence-electron chi connectivity index (χ0n) is 11.5. The summed E-state index contributed by atoms with van der Waals surface area (Å²) in [5.41, 5.74) is 1.07. The summed E-state index contributed by atoms with van der Waals surface area (Å²) in [6, 6.07) is 5.65. The van der Waals surface area contributed by atoms with Crippen LogP contribution in [0.1, 0.15) is 48.9 Å². The average Bonchev–Trinajstić information content (AvgIpc) is 2.46. The molecule has 2 aliphatic rings. The maximum Gasteiger partial charge on any atom is 0.337 e. The normalized spacial score (nSPS) is 26.1. The van der Waals surface area contributed by atoms with Crippen LogP contribution in [-0.2, 0) is 0 Å². The van der Waals surface area contributed by atoms with Gasteiger partial charge in [0.1, 0.15) is 0 Å². The van der Waals surface area contributed by atoms with E-state index >= 15 is 0 Å². The molecule has 0 aromatic heterocycles. The van der Waals surface area contributed by atoms with E-state index in [0.717, 1.165) is 25.1 Å². The molecule has 3 nitrogen and oxygen atoms in total. The highest BCUT2D eigenvalue weighted by atomic mass is 35.5. The fourth-order valence-corrected chi connectivity index (χ4v) is 4.17. The molecule has 1 aromatic carbocycles. The second-order valence-electron chi connectivity index (χ2n) is 5.89. The molecule has 0 spiro atoms. The Morgan fingerprint density at radius 3 is 2.75 bits per heavy atom. The first kappa shape index (κ1) is 13.7. The fourth-order valence-electron chi connectivity index (χ4n) is 3.88. The molecule has 2 fully saturated rings. The molecule has 4 heteroatoms. The first-order valence-corrected chi connectivity index (χ1v) is 7.84. The average molecular weight is 294 g/mol. The van der Waals surface area contributed by atoms with Gasteiger partial charge in [0.05, 0.1) is 16.3 Å². The number of hydrogen-bond acceptors (Lipinski definition) is 2. The Morgan fingerprint density at radius 2 is 1.95 bits per heavy atom. The Labute approximate surface area is 124 Å². The van der Waals surface area contributed by atoms with Crippen molar-refractivity contribution in [3.8, 4) is 0 Å². The van der Waals surface area contributed by atoms with Crippen molar-refractivity contribution in [3.05, 3.63) is 28.8 Å². The summed E-state index contributed by atoms with van der Waals surface area (Å²) in [5, 5.41) is 10.00. The lowest BCUT2D eigenvalue weighted by Gasteiger charge is -2.46. The van der Waals surface area contributed by atoms with Crippen LogP contribution in [0.4, 0.5) is 5.69 Å². The van der Waals surface area contributed by atoms with Gasteiger partial charge < -0.3 is 10.0 Å². The summed E-state index contributed by atoms with van der Waals surface area (Å²) in [4.78, 5) is 13.8. The largest absolute Gasteiger partial charge is 0.478 e. The number of fused-ring (bicyclic) bond motifs is 1. The van der Waals surface area contributed by atoms with Crippen LogP contribution in [0.15, 0.2) is 18.2 Å². The number of rotatable bonds is 2. The van der Waals surface area contributed by atoms with Crippen LogP contribution < -0.4 is 4.90 Å². The van der Waals surface area contributed by atoms with E-state index in [0.29, 0.717) is 22.5 Å². The molecule has 0 bridgehead atoms. The number of nitrogens with zero attached hydrogens (tertiary/aromatic N) is 1.